The van der Waals surface area contributed by atoms with Crippen LogP contribution in [-0.2, 0) is 0 Å². The van der Waals surface area contributed by atoms with Gasteiger partial charge in [-0.1, -0.05) is 17.7 Å². The van der Waals surface area contributed by atoms with Gasteiger partial charge < -0.3 is 9.47 Å². The molecule has 0 aliphatic rings. The maximum absolute atomic E-state index is 13.4. The predicted molar refractivity (Wildman–Crippen MR) is 87.0 cm³/mol. The van der Waals surface area contributed by atoms with E-state index in [-0.39, 0.29) is 18.2 Å². The molecule has 0 fully saturated rings. The smallest absolute Gasteiger partial charge is 0.165 e. The van der Waals surface area contributed by atoms with Crippen molar-refractivity contribution in [2.24, 2.45) is 0 Å². The normalized spacial score (nSPS) is 10.1. The molecular formula is C18H20FNO3. The van der Waals surface area contributed by atoms with Crippen LogP contribution >= 0.6 is 0 Å². The molecule has 0 bridgehead atoms. The maximum Gasteiger partial charge on any atom is 0.165 e. The molecule has 122 valence electrons. The summed E-state index contributed by atoms with van der Waals surface area (Å²) in [7, 11) is 0. The van der Waals surface area contributed by atoms with Gasteiger partial charge in [-0.2, -0.15) is 0 Å². The molecule has 0 spiro atoms. The van der Waals surface area contributed by atoms with E-state index in [2.05, 4.69) is 5.48 Å². The first-order valence-corrected chi connectivity index (χ1v) is 7.30. The lowest BCUT2D eigenvalue weighted by atomic mass is 10.1. The highest BCUT2D eigenvalue weighted by Crippen LogP contribution is 2.19. The van der Waals surface area contributed by atoms with E-state index >= 15 is 0 Å². The molecule has 2 rings (SSSR count). The number of ether oxygens (including phenoxy) is 2. The summed E-state index contributed by atoms with van der Waals surface area (Å²) in [5.41, 5.74) is 4.70. The van der Waals surface area contributed by atoms with Gasteiger partial charge in [0.15, 0.2) is 11.6 Å². The van der Waals surface area contributed by atoms with Crippen molar-refractivity contribution in [3.63, 3.8) is 0 Å². The highest BCUT2D eigenvalue weighted by atomic mass is 19.1. The molecule has 0 aliphatic carbocycles. The van der Waals surface area contributed by atoms with Crippen LogP contribution in [0.1, 0.15) is 19.4 Å². The van der Waals surface area contributed by atoms with Crippen molar-refractivity contribution in [3.8, 4) is 11.5 Å². The summed E-state index contributed by atoms with van der Waals surface area (Å²) in [4.78, 5) is 0. The molecule has 5 heteroatoms. The highest BCUT2D eigenvalue weighted by molar-refractivity contribution is 5.66. The zero-order valence-corrected chi connectivity index (χ0v) is 13.2. The number of allylic oxidation sites excluding steroid dienone is 1. The average molecular weight is 317 g/mol. The van der Waals surface area contributed by atoms with Crippen molar-refractivity contribution in [1.29, 1.82) is 0 Å². The minimum atomic E-state index is -0.386. The number of benzene rings is 2. The maximum atomic E-state index is 13.4. The van der Waals surface area contributed by atoms with Gasteiger partial charge in [0.25, 0.3) is 0 Å². The Kier molecular flexibility index (Phi) is 6.00. The molecule has 0 unspecified atom stereocenters. The number of rotatable bonds is 7. The Labute approximate surface area is 135 Å². The lowest BCUT2D eigenvalue weighted by molar-refractivity contribution is 0.211. The van der Waals surface area contributed by atoms with Gasteiger partial charge in [0.05, 0.1) is 5.70 Å². The highest BCUT2D eigenvalue weighted by Gasteiger charge is 2.04. The molecule has 0 aliphatic heterocycles. The summed E-state index contributed by atoms with van der Waals surface area (Å²) >= 11 is 0. The third-order valence-electron chi connectivity index (χ3n) is 3.20. The summed E-state index contributed by atoms with van der Waals surface area (Å²) in [5.74, 6) is 0.508. The van der Waals surface area contributed by atoms with E-state index < -0.39 is 0 Å². The fourth-order valence-corrected chi connectivity index (χ4v) is 2.06. The monoisotopic (exact) mass is 317 g/mol. The number of halogens is 1. The van der Waals surface area contributed by atoms with Crippen LogP contribution in [0.15, 0.2) is 54.1 Å². The Morgan fingerprint density at radius 1 is 1.00 bits per heavy atom. The van der Waals surface area contributed by atoms with Crippen molar-refractivity contribution in [1.82, 2.24) is 5.48 Å². The molecule has 23 heavy (non-hydrogen) atoms. The molecule has 2 aromatic rings. The zero-order valence-electron chi connectivity index (χ0n) is 13.2. The van der Waals surface area contributed by atoms with Crippen LogP contribution in [0.5, 0.6) is 11.5 Å². The topological polar surface area (TPSA) is 50.7 Å². The van der Waals surface area contributed by atoms with E-state index in [1.165, 1.54) is 6.07 Å². The molecule has 0 atom stereocenters. The zero-order chi connectivity index (χ0) is 16.7. The van der Waals surface area contributed by atoms with Crippen LogP contribution in [0.3, 0.4) is 0 Å². The Bertz CT molecular complexity index is 664. The minimum absolute atomic E-state index is 0.216. The van der Waals surface area contributed by atoms with E-state index in [4.69, 9.17) is 14.7 Å². The molecule has 0 radical (unpaired) electrons. The predicted octanol–water partition coefficient (Wildman–Crippen LogP) is 4.01. The Morgan fingerprint density at radius 3 is 2.26 bits per heavy atom. The first-order valence-electron chi connectivity index (χ1n) is 7.30. The Balaban J connectivity index is 1.85. The second-order valence-corrected chi connectivity index (χ2v) is 5.14. The van der Waals surface area contributed by atoms with E-state index in [0.717, 1.165) is 11.1 Å². The Hall–Kier alpha value is -2.53. The molecule has 2 N–H and O–H groups in total. The fraction of sp³-hybridized carbons (Fsp3) is 0.222. The summed E-state index contributed by atoms with van der Waals surface area (Å²) < 4.78 is 24.2. The van der Waals surface area contributed by atoms with E-state index in [1.54, 1.807) is 30.3 Å². The molecule has 0 aromatic heterocycles. The van der Waals surface area contributed by atoms with Gasteiger partial charge in [0, 0.05) is 5.56 Å². The second kappa shape index (κ2) is 8.19. The SMILES string of the molecule is CC(C)=C(NO)c1ccc(OCCOc2ccccc2F)cc1. The van der Waals surface area contributed by atoms with Gasteiger partial charge in [0.1, 0.15) is 19.0 Å². The van der Waals surface area contributed by atoms with Crippen molar-refractivity contribution in [3.05, 3.63) is 65.5 Å². The van der Waals surface area contributed by atoms with Gasteiger partial charge in [-0.25, -0.2) is 4.39 Å². The van der Waals surface area contributed by atoms with Crippen LogP contribution in [0.2, 0.25) is 0 Å². The van der Waals surface area contributed by atoms with Gasteiger partial charge in [-0.15, -0.1) is 0 Å². The number of para-hydroxylation sites is 1. The fourth-order valence-electron chi connectivity index (χ4n) is 2.06. The summed E-state index contributed by atoms with van der Waals surface area (Å²) in [6, 6.07) is 13.6. The van der Waals surface area contributed by atoms with Crippen molar-refractivity contribution >= 4 is 5.70 Å². The number of hydroxylamine groups is 1. The van der Waals surface area contributed by atoms with Crippen molar-refractivity contribution in [2.75, 3.05) is 13.2 Å². The molecular weight excluding hydrogens is 297 g/mol. The third kappa shape index (κ3) is 4.72. The molecule has 2 aromatic carbocycles. The van der Waals surface area contributed by atoms with Gasteiger partial charge >= 0.3 is 0 Å². The Morgan fingerprint density at radius 2 is 1.65 bits per heavy atom. The summed E-state index contributed by atoms with van der Waals surface area (Å²) in [6.07, 6.45) is 0. The molecule has 4 nitrogen and oxygen atoms in total. The van der Waals surface area contributed by atoms with Crippen LogP contribution < -0.4 is 15.0 Å². The van der Waals surface area contributed by atoms with E-state index in [0.29, 0.717) is 18.1 Å². The molecule has 0 saturated carbocycles. The largest absolute Gasteiger partial charge is 0.490 e. The van der Waals surface area contributed by atoms with Crippen LogP contribution in [0.4, 0.5) is 4.39 Å². The number of nitrogens with one attached hydrogen (secondary N) is 1. The summed E-state index contributed by atoms with van der Waals surface area (Å²) in [5, 5.41) is 9.14. The van der Waals surface area contributed by atoms with Crippen molar-refractivity contribution in [2.45, 2.75) is 13.8 Å². The lowest BCUT2D eigenvalue weighted by Gasteiger charge is -2.11. The quantitative estimate of drug-likeness (QED) is 0.598. The first kappa shape index (κ1) is 16.8. The standard InChI is InChI=1S/C18H20FNO3/c1-13(2)18(20-21)14-7-9-15(10-8-14)22-11-12-23-17-6-4-3-5-16(17)19/h3-10,20-21H,11-12H2,1-2H3. The van der Waals surface area contributed by atoms with Crippen LogP contribution in [0, 0.1) is 5.82 Å². The van der Waals surface area contributed by atoms with Gasteiger partial charge in [-0.05, 0) is 50.2 Å². The van der Waals surface area contributed by atoms with Gasteiger partial charge in [0.2, 0.25) is 0 Å². The van der Waals surface area contributed by atoms with Crippen LogP contribution in [0.25, 0.3) is 5.70 Å². The van der Waals surface area contributed by atoms with Gasteiger partial charge in [-0.3, -0.25) is 10.7 Å². The number of hydrogen-bond acceptors (Lipinski definition) is 4. The van der Waals surface area contributed by atoms with E-state index in [1.807, 2.05) is 26.0 Å². The first-order chi connectivity index (χ1) is 11.1. The summed E-state index contributed by atoms with van der Waals surface area (Å²) in [6.45, 7) is 4.37. The average Bonchev–Trinajstić information content (AvgIpc) is 2.55. The lowest BCUT2D eigenvalue weighted by Crippen LogP contribution is -2.10. The van der Waals surface area contributed by atoms with E-state index in [9.17, 15) is 4.39 Å². The van der Waals surface area contributed by atoms with Crippen molar-refractivity contribution < 1.29 is 19.1 Å². The molecule has 0 heterocycles. The minimum Gasteiger partial charge on any atom is -0.490 e. The molecule has 0 amide bonds. The van der Waals surface area contributed by atoms with Crippen LogP contribution in [-0.4, -0.2) is 18.4 Å². The third-order valence-corrected chi connectivity index (χ3v) is 3.20. The second-order valence-electron chi connectivity index (χ2n) is 5.14. The number of hydrogen-bond donors (Lipinski definition) is 2. The molecule has 0 saturated heterocycles.